The van der Waals surface area contributed by atoms with Gasteiger partial charge in [0.2, 0.25) is 6.79 Å². The fourth-order valence-electron chi connectivity index (χ4n) is 3.25. The minimum absolute atomic E-state index is 0.112. The first-order valence-corrected chi connectivity index (χ1v) is 9.79. The fourth-order valence-corrected chi connectivity index (χ4v) is 3.25. The Bertz CT molecular complexity index is 821. The highest BCUT2D eigenvalue weighted by atomic mass is 16.7. The minimum atomic E-state index is -0.112. The van der Waals surface area contributed by atoms with Gasteiger partial charge in [-0.25, -0.2) is 0 Å². The summed E-state index contributed by atoms with van der Waals surface area (Å²) in [4.78, 5) is 4.35. The average molecular weight is 386 g/mol. The summed E-state index contributed by atoms with van der Waals surface area (Å²) in [5.74, 6) is 3.29. The lowest BCUT2D eigenvalue weighted by atomic mass is 9.84. The van der Waals surface area contributed by atoms with Gasteiger partial charge < -0.3 is 24.6 Å². The van der Waals surface area contributed by atoms with Crippen LogP contribution in [0.15, 0.2) is 27.7 Å². The zero-order chi connectivity index (χ0) is 20.1. The molecule has 7 nitrogen and oxygen atoms in total. The summed E-state index contributed by atoms with van der Waals surface area (Å²) < 4.78 is 16.4. The summed E-state index contributed by atoms with van der Waals surface area (Å²) in [7, 11) is 1.78. The Kier molecular flexibility index (Phi) is 6.11. The molecule has 0 bridgehead atoms. The summed E-state index contributed by atoms with van der Waals surface area (Å²) in [6.45, 7) is 10.2. The largest absolute Gasteiger partial charge is 0.454 e. The van der Waals surface area contributed by atoms with E-state index >= 15 is 0 Å². The molecule has 0 saturated heterocycles. The van der Waals surface area contributed by atoms with Gasteiger partial charge in [-0.15, -0.1) is 0 Å². The van der Waals surface area contributed by atoms with Crippen molar-refractivity contribution in [2.24, 2.45) is 4.99 Å². The maximum absolute atomic E-state index is 5.51. The Morgan fingerprint density at radius 3 is 2.64 bits per heavy atom. The molecule has 0 unspecified atom stereocenters. The van der Waals surface area contributed by atoms with E-state index in [0.717, 1.165) is 53.9 Å². The SMILES string of the molecule is CCc1noc(CC)c1CNC(=NC)NCC(C)(C)c1ccc2c(c1)OCO2. The van der Waals surface area contributed by atoms with Gasteiger partial charge >= 0.3 is 0 Å². The van der Waals surface area contributed by atoms with Crippen molar-refractivity contribution in [1.82, 2.24) is 15.8 Å². The maximum atomic E-state index is 5.51. The van der Waals surface area contributed by atoms with Crippen LogP contribution >= 0.6 is 0 Å². The molecule has 0 atom stereocenters. The Morgan fingerprint density at radius 1 is 1.14 bits per heavy atom. The van der Waals surface area contributed by atoms with E-state index in [4.69, 9.17) is 14.0 Å². The lowest BCUT2D eigenvalue weighted by Gasteiger charge is -2.27. The van der Waals surface area contributed by atoms with Crippen LogP contribution in [0.25, 0.3) is 0 Å². The van der Waals surface area contributed by atoms with Crippen molar-refractivity contribution in [1.29, 1.82) is 0 Å². The third kappa shape index (κ3) is 4.24. The van der Waals surface area contributed by atoms with Gasteiger partial charge in [0.1, 0.15) is 5.76 Å². The second-order valence-corrected chi connectivity index (χ2v) is 7.47. The van der Waals surface area contributed by atoms with E-state index in [0.29, 0.717) is 6.54 Å². The molecular weight excluding hydrogens is 356 g/mol. The first kappa shape index (κ1) is 20.0. The van der Waals surface area contributed by atoms with E-state index in [1.54, 1.807) is 7.05 Å². The van der Waals surface area contributed by atoms with Crippen molar-refractivity contribution in [3.63, 3.8) is 0 Å². The molecule has 2 heterocycles. The number of aryl methyl sites for hydroxylation is 2. The van der Waals surface area contributed by atoms with Gasteiger partial charge in [-0.1, -0.05) is 38.9 Å². The predicted octanol–water partition coefficient (Wildman–Crippen LogP) is 3.17. The molecule has 1 aliphatic rings. The topological polar surface area (TPSA) is 80.9 Å². The van der Waals surface area contributed by atoms with Crippen LogP contribution in [0.3, 0.4) is 0 Å². The first-order chi connectivity index (χ1) is 13.5. The van der Waals surface area contributed by atoms with Crippen molar-refractivity contribution >= 4 is 5.96 Å². The fraction of sp³-hybridized carbons (Fsp3) is 0.524. The zero-order valence-electron chi connectivity index (χ0n) is 17.4. The summed E-state index contributed by atoms with van der Waals surface area (Å²) >= 11 is 0. The van der Waals surface area contributed by atoms with Gasteiger partial charge in [-0.05, 0) is 24.1 Å². The molecule has 0 radical (unpaired) electrons. The Hall–Kier alpha value is -2.70. The quantitative estimate of drug-likeness (QED) is 0.562. The molecule has 0 amide bonds. The van der Waals surface area contributed by atoms with Gasteiger partial charge in [0.05, 0.1) is 5.69 Å². The molecule has 7 heteroatoms. The van der Waals surface area contributed by atoms with Crippen LogP contribution in [0.2, 0.25) is 0 Å². The molecule has 2 N–H and O–H groups in total. The van der Waals surface area contributed by atoms with Crippen LogP contribution < -0.4 is 20.1 Å². The summed E-state index contributed by atoms with van der Waals surface area (Å²) in [5.41, 5.74) is 3.20. The highest BCUT2D eigenvalue weighted by molar-refractivity contribution is 5.79. The predicted molar refractivity (Wildman–Crippen MR) is 109 cm³/mol. The van der Waals surface area contributed by atoms with E-state index in [-0.39, 0.29) is 12.2 Å². The standard InChI is InChI=1S/C21H30N4O3/c1-6-16-15(17(7-2)28-25-16)11-23-20(22-5)24-12-21(3,4)14-8-9-18-19(10-14)27-13-26-18/h8-10H,6-7,11-13H2,1-5H3,(H2,22,23,24). The molecule has 1 aromatic heterocycles. The van der Waals surface area contributed by atoms with Gasteiger partial charge in [-0.2, -0.15) is 0 Å². The molecule has 0 saturated carbocycles. The number of aliphatic imine (C=N–C) groups is 1. The Balaban J connectivity index is 1.61. The van der Waals surface area contributed by atoms with E-state index in [1.165, 1.54) is 5.56 Å². The molecule has 0 fully saturated rings. The number of nitrogens with one attached hydrogen (secondary N) is 2. The van der Waals surface area contributed by atoms with Crippen LogP contribution in [0.5, 0.6) is 11.5 Å². The van der Waals surface area contributed by atoms with Crippen LogP contribution in [0, 0.1) is 0 Å². The second-order valence-electron chi connectivity index (χ2n) is 7.47. The van der Waals surface area contributed by atoms with Gasteiger partial charge in [0.15, 0.2) is 17.5 Å². The van der Waals surface area contributed by atoms with Crippen molar-refractivity contribution in [2.45, 2.75) is 52.5 Å². The Labute approximate surface area is 166 Å². The molecule has 1 aliphatic heterocycles. The Morgan fingerprint density at radius 2 is 1.93 bits per heavy atom. The van der Waals surface area contributed by atoms with Gasteiger partial charge in [0, 0.05) is 37.5 Å². The summed E-state index contributed by atoms with van der Waals surface area (Å²) in [6.07, 6.45) is 1.68. The first-order valence-electron chi connectivity index (χ1n) is 9.79. The molecule has 0 aliphatic carbocycles. The summed E-state index contributed by atoms with van der Waals surface area (Å²) in [6, 6.07) is 6.11. The second kappa shape index (κ2) is 8.54. The number of nitrogens with zero attached hydrogens (tertiary/aromatic N) is 2. The number of hydrogen-bond donors (Lipinski definition) is 2. The van der Waals surface area contributed by atoms with E-state index in [2.05, 4.69) is 60.6 Å². The number of ether oxygens (including phenoxy) is 2. The number of hydrogen-bond acceptors (Lipinski definition) is 5. The zero-order valence-corrected chi connectivity index (χ0v) is 17.4. The van der Waals surface area contributed by atoms with Crippen molar-refractivity contribution in [2.75, 3.05) is 20.4 Å². The van der Waals surface area contributed by atoms with Crippen molar-refractivity contribution < 1.29 is 14.0 Å². The van der Waals surface area contributed by atoms with Gasteiger partial charge in [-0.3, -0.25) is 4.99 Å². The minimum Gasteiger partial charge on any atom is -0.454 e. The van der Waals surface area contributed by atoms with E-state index < -0.39 is 0 Å². The summed E-state index contributed by atoms with van der Waals surface area (Å²) in [5, 5.41) is 11.0. The molecule has 152 valence electrons. The smallest absolute Gasteiger partial charge is 0.231 e. The molecule has 0 spiro atoms. The number of benzene rings is 1. The highest BCUT2D eigenvalue weighted by Gasteiger charge is 2.24. The number of fused-ring (bicyclic) bond motifs is 1. The van der Waals surface area contributed by atoms with Crippen LogP contribution in [-0.4, -0.2) is 31.5 Å². The number of aromatic nitrogens is 1. The van der Waals surface area contributed by atoms with E-state index in [9.17, 15) is 0 Å². The van der Waals surface area contributed by atoms with Crippen LogP contribution in [-0.2, 0) is 24.8 Å². The average Bonchev–Trinajstić information content (AvgIpc) is 3.33. The molecule has 28 heavy (non-hydrogen) atoms. The molecule has 2 aromatic rings. The number of rotatable bonds is 7. The third-order valence-electron chi connectivity index (χ3n) is 5.12. The van der Waals surface area contributed by atoms with Crippen LogP contribution in [0.4, 0.5) is 0 Å². The highest BCUT2D eigenvalue weighted by Crippen LogP contribution is 2.36. The van der Waals surface area contributed by atoms with E-state index in [1.807, 2.05) is 6.07 Å². The third-order valence-corrected chi connectivity index (χ3v) is 5.12. The number of guanidine groups is 1. The van der Waals surface area contributed by atoms with Crippen LogP contribution in [0.1, 0.15) is 50.3 Å². The molecule has 3 rings (SSSR count). The maximum Gasteiger partial charge on any atom is 0.231 e. The lowest BCUT2D eigenvalue weighted by molar-refractivity contribution is 0.174. The molecule has 1 aromatic carbocycles. The monoisotopic (exact) mass is 386 g/mol. The lowest BCUT2D eigenvalue weighted by Crippen LogP contribution is -2.43. The van der Waals surface area contributed by atoms with Crippen molar-refractivity contribution in [3.05, 3.63) is 40.8 Å². The van der Waals surface area contributed by atoms with Crippen molar-refractivity contribution in [3.8, 4) is 11.5 Å². The molecular formula is C21H30N4O3. The normalized spacial score (nSPS) is 13.7. The van der Waals surface area contributed by atoms with Gasteiger partial charge in [0.25, 0.3) is 0 Å².